The molecular formula is C19H20N4O3S. The quantitative estimate of drug-likeness (QED) is 0.449. The monoisotopic (exact) mass is 384 g/mol. The Kier molecular flexibility index (Phi) is 6.08. The number of hydrogen-bond donors (Lipinski definition) is 1. The number of ketones is 1. The van der Waals surface area contributed by atoms with Crippen molar-refractivity contribution in [1.82, 2.24) is 14.8 Å². The van der Waals surface area contributed by atoms with E-state index in [9.17, 15) is 9.59 Å². The summed E-state index contributed by atoms with van der Waals surface area (Å²) in [6.07, 6.45) is 2.15. The second-order valence-electron chi connectivity index (χ2n) is 6.02. The van der Waals surface area contributed by atoms with Crippen molar-refractivity contribution in [3.8, 4) is 0 Å². The van der Waals surface area contributed by atoms with Gasteiger partial charge in [0.25, 0.3) is 0 Å². The van der Waals surface area contributed by atoms with Gasteiger partial charge in [-0.1, -0.05) is 42.1 Å². The standard InChI is InChI=1S/C19H20N4O3S/c1-13(18(25)14-6-3-2-4-7-14)27-19-22-21-17(10-9-16(20)24)23(19)12-15-8-5-11-26-15/h2-8,11,13H,9-10,12H2,1H3,(H2,20,24)/t13-/m1/s1. The van der Waals surface area contributed by atoms with Crippen LogP contribution in [0.5, 0.6) is 0 Å². The Morgan fingerprint density at radius 3 is 2.63 bits per heavy atom. The number of furan rings is 1. The Balaban J connectivity index is 1.81. The van der Waals surface area contributed by atoms with Gasteiger partial charge >= 0.3 is 0 Å². The van der Waals surface area contributed by atoms with Crippen molar-refractivity contribution < 1.29 is 14.0 Å². The molecule has 2 N–H and O–H groups in total. The first-order valence-corrected chi connectivity index (χ1v) is 9.41. The third-order valence-electron chi connectivity index (χ3n) is 3.99. The number of benzene rings is 1. The molecular weight excluding hydrogens is 364 g/mol. The average molecular weight is 384 g/mol. The molecule has 0 saturated carbocycles. The molecule has 0 aliphatic heterocycles. The van der Waals surface area contributed by atoms with Crippen molar-refractivity contribution in [3.05, 3.63) is 65.9 Å². The topological polar surface area (TPSA) is 104 Å². The lowest BCUT2D eigenvalue weighted by Gasteiger charge is -2.12. The van der Waals surface area contributed by atoms with Crippen molar-refractivity contribution in [2.24, 2.45) is 5.73 Å². The fraction of sp³-hybridized carbons (Fsp3) is 0.263. The van der Waals surface area contributed by atoms with Crippen LogP contribution in [0.3, 0.4) is 0 Å². The summed E-state index contributed by atoms with van der Waals surface area (Å²) in [7, 11) is 0. The summed E-state index contributed by atoms with van der Waals surface area (Å²) >= 11 is 1.33. The van der Waals surface area contributed by atoms with Crippen LogP contribution in [0.1, 0.15) is 35.3 Å². The highest BCUT2D eigenvalue weighted by atomic mass is 32.2. The first-order chi connectivity index (χ1) is 13.0. The number of primary amides is 1. The van der Waals surface area contributed by atoms with Crippen molar-refractivity contribution in [2.45, 2.75) is 36.7 Å². The van der Waals surface area contributed by atoms with Crippen molar-refractivity contribution in [2.75, 3.05) is 0 Å². The lowest BCUT2D eigenvalue weighted by molar-refractivity contribution is -0.118. The van der Waals surface area contributed by atoms with E-state index in [1.165, 1.54) is 11.8 Å². The fourth-order valence-corrected chi connectivity index (χ4v) is 3.54. The Labute approximate surface area is 161 Å². The molecule has 0 spiro atoms. The van der Waals surface area contributed by atoms with E-state index >= 15 is 0 Å². The first-order valence-electron chi connectivity index (χ1n) is 8.53. The molecule has 140 valence electrons. The van der Waals surface area contributed by atoms with Crippen LogP contribution in [0.15, 0.2) is 58.3 Å². The summed E-state index contributed by atoms with van der Waals surface area (Å²) in [4.78, 5) is 23.8. The molecule has 3 rings (SSSR count). The molecule has 0 aliphatic rings. The molecule has 0 radical (unpaired) electrons. The van der Waals surface area contributed by atoms with E-state index in [0.29, 0.717) is 29.5 Å². The molecule has 2 heterocycles. The molecule has 0 unspecified atom stereocenters. The van der Waals surface area contributed by atoms with Crippen LogP contribution in [0, 0.1) is 0 Å². The predicted molar refractivity (Wildman–Crippen MR) is 101 cm³/mol. The van der Waals surface area contributed by atoms with Crippen molar-refractivity contribution in [3.63, 3.8) is 0 Å². The van der Waals surface area contributed by atoms with Crippen LogP contribution in [0.2, 0.25) is 0 Å². The molecule has 1 aromatic carbocycles. The highest BCUT2D eigenvalue weighted by Gasteiger charge is 2.22. The molecule has 0 bridgehead atoms. The van der Waals surface area contributed by atoms with Gasteiger partial charge in [-0.15, -0.1) is 10.2 Å². The molecule has 0 saturated heterocycles. The van der Waals surface area contributed by atoms with Crippen LogP contribution in [0.25, 0.3) is 0 Å². The smallest absolute Gasteiger partial charge is 0.217 e. The highest BCUT2D eigenvalue weighted by molar-refractivity contribution is 8.00. The molecule has 1 amide bonds. The van der Waals surface area contributed by atoms with Gasteiger partial charge in [0.1, 0.15) is 11.6 Å². The Hall–Kier alpha value is -2.87. The number of hydrogen-bond acceptors (Lipinski definition) is 6. The maximum absolute atomic E-state index is 12.6. The number of carbonyl (C=O) groups is 2. The lowest BCUT2D eigenvalue weighted by Crippen LogP contribution is -2.16. The van der Waals surface area contributed by atoms with Crippen LogP contribution >= 0.6 is 11.8 Å². The normalized spacial score (nSPS) is 12.0. The van der Waals surface area contributed by atoms with Crippen molar-refractivity contribution >= 4 is 23.5 Å². The highest BCUT2D eigenvalue weighted by Crippen LogP contribution is 2.26. The minimum atomic E-state index is -0.399. The zero-order chi connectivity index (χ0) is 19.2. The van der Waals surface area contributed by atoms with Gasteiger partial charge in [0.15, 0.2) is 10.9 Å². The van der Waals surface area contributed by atoms with E-state index in [-0.39, 0.29) is 17.5 Å². The van der Waals surface area contributed by atoms with Gasteiger partial charge in [0.05, 0.1) is 18.1 Å². The van der Waals surface area contributed by atoms with Crippen LogP contribution in [-0.2, 0) is 17.8 Å². The molecule has 0 fully saturated rings. The molecule has 0 aliphatic carbocycles. The minimum absolute atomic E-state index is 0.0202. The number of aryl methyl sites for hydroxylation is 1. The molecule has 2 aromatic heterocycles. The number of nitrogens with zero attached hydrogens (tertiary/aromatic N) is 3. The van der Waals surface area contributed by atoms with E-state index in [2.05, 4.69) is 10.2 Å². The Bertz CT molecular complexity index is 906. The molecule has 8 heteroatoms. The van der Waals surface area contributed by atoms with Crippen LogP contribution in [0.4, 0.5) is 0 Å². The summed E-state index contributed by atoms with van der Waals surface area (Å²) < 4.78 is 7.28. The second kappa shape index (κ2) is 8.68. The van der Waals surface area contributed by atoms with Gasteiger partial charge in [0, 0.05) is 18.4 Å². The number of aromatic nitrogens is 3. The number of Topliss-reactive ketones (excluding diaryl/α,β-unsaturated/α-hetero) is 1. The Morgan fingerprint density at radius 2 is 1.96 bits per heavy atom. The maximum atomic E-state index is 12.6. The van der Waals surface area contributed by atoms with Gasteiger partial charge in [-0.05, 0) is 19.1 Å². The molecule has 27 heavy (non-hydrogen) atoms. The van der Waals surface area contributed by atoms with Gasteiger partial charge in [-0.2, -0.15) is 0 Å². The summed E-state index contributed by atoms with van der Waals surface area (Å²) in [5.41, 5.74) is 5.91. The predicted octanol–water partition coefficient (Wildman–Crippen LogP) is 2.70. The first kappa shape index (κ1) is 18.9. The van der Waals surface area contributed by atoms with Gasteiger partial charge in [-0.25, -0.2) is 0 Å². The Morgan fingerprint density at radius 1 is 1.19 bits per heavy atom. The van der Waals surface area contributed by atoms with Gasteiger partial charge < -0.3 is 10.2 Å². The number of amides is 1. The molecule has 3 aromatic rings. The maximum Gasteiger partial charge on any atom is 0.217 e. The SMILES string of the molecule is C[C@@H](Sc1nnc(CCC(N)=O)n1Cc1ccco1)C(=O)c1ccccc1. The number of rotatable bonds is 9. The van der Waals surface area contributed by atoms with Gasteiger partial charge in [0.2, 0.25) is 5.91 Å². The van der Waals surface area contributed by atoms with Gasteiger partial charge in [-0.3, -0.25) is 14.2 Å². The van der Waals surface area contributed by atoms with E-state index in [0.717, 1.165) is 5.76 Å². The summed E-state index contributed by atoms with van der Waals surface area (Å²) in [6, 6.07) is 12.8. The zero-order valence-corrected chi connectivity index (χ0v) is 15.7. The van der Waals surface area contributed by atoms with Crippen molar-refractivity contribution in [1.29, 1.82) is 0 Å². The van der Waals surface area contributed by atoms with E-state index in [4.69, 9.17) is 10.2 Å². The van der Waals surface area contributed by atoms with E-state index < -0.39 is 5.91 Å². The third-order valence-corrected chi connectivity index (χ3v) is 5.07. The number of nitrogens with two attached hydrogens (primary N) is 1. The van der Waals surface area contributed by atoms with E-state index in [1.54, 1.807) is 24.5 Å². The zero-order valence-electron chi connectivity index (χ0n) is 14.9. The fourth-order valence-electron chi connectivity index (χ4n) is 2.59. The third kappa shape index (κ3) is 4.85. The minimum Gasteiger partial charge on any atom is -0.467 e. The lowest BCUT2D eigenvalue weighted by atomic mass is 10.1. The molecule has 7 nitrogen and oxygen atoms in total. The molecule has 1 atom stereocenters. The summed E-state index contributed by atoms with van der Waals surface area (Å²) in [5.74, 6) is 0.988. The average Bonchev–Trinajstić information content (AvgIpc) is 3.31. The number of carbonyl (C=O) groups excluding carboxylic acids is 2. The number of thioether (sulfide) groups is 1. The van der Waals surface area contributed by atoms with Crippen LogP contribution in [-0.4, -0.2) is 31.7 Å². The largest absolute Gasteiger partial charge is 0.467 e. The summed E-state index contributed by atoms with van der Waals surface area (Å²) in [6.45, 7) is 2.26. The summed E-state index contributed by atoms with van der Waals surface area (Å²) in [5, 5.41) is 8.67. The second-order valence-corrected chi connectivity index (χ2v) is 7.33. The van der Waals surface area contributed by atoms with Crippen LogP contribution < -0.4 is 5.73 Å². The van der Waals surface area contributed by atoms with E-state index in [1.807, 2.05) is 35.8 Å².